The van der Waals surface area contributed by atoms with Crippen LogP contribution in [0.4, 0.5) is 0 Å². The monoisotopic (exact) mass is 1110 g/mol. The van der Waals surface area contributed by atoms with Gasteiger partial charge in [0.15, 0.2) is 0 Å². The Hall–Kier alpha value is -1.40. The zero-order chi connectivity index (χ0) is 57.1. The maximum Gasteiger partial charge on any atom is 0.305 e. The van der Waals surface area contributed by atoms with E-state index in [1.807, 2.05) is 6.08 Å². The van der Waals surface area contributed by atoms with Crippen LogP contribution in [0.1, 0.15) is 418 Å². The van der Waals surface area contributed by atoms with E-state index in [2.05, 4.69) is 19.2 Å². The Morgan fingerprint density at radius 3 is 0.861 bits per heavy atom. The highest BCUT2D eigenvalue weighted by Crippen LogP contribution is 2.19. The minimum absolute atomic E-state index is 0.0229. The van der Waals surface area contributed by atoms with Gasteiger partial charge in [-0.2, -0.15) is 0 Å². The third-order valence-electron chi connectivity index (χ3n) is 17.3. The number of allylic oxidation sites excluding steroid dienone is 1. The van der Waals surface area contributed by atoms with E-state index in [1.165, 1.54) is 353 Å². The highest BCUT2D eigenvalue weighted by molar-refractivity contribution is 5.76. The normalized spacial score (nSPS) is 12.5. The molecule has 1 amide bonds. The van der Waals surface area contributed by atoms with Gasteiger partial charge in [0.1, 0.15) is 0 Å². The summed E-state index contributed by atoms with van der Waals surface area (Å²) >= 11 is 0. The van der Waals surface area contributed by atoms with Gasteiger partial charge in [-0.25, -0.2) is 0 Å². The quantitative estimate of drug-likeness (QED) is 0.0320. The zero-order valence-electron chi connectivity index (χ0n) is 53.9. The highest BCUT2D eigenvalue weighted by atomic mass is 16.5. The highest BCUT2D eigenvalue weighted by Gasteiger charge is 2.18. The minimum Gasteiger partial charge on any atom is -0.466 e. The molecule has 6 nitrogen and oxygen atoms in total. The fourth-order valence-electron chi connectivity index (χ4n) is 11.8. The van der Waals surface area contributed by atoms with Crippen LogP contribution < -0.4 is 5.32 Å². The second-order valence-electron chi connectivity index (χ2n) is 25.3. The molecule has 0 saturated heterocycles. The first kappa shape index (κ1) is 77.6. The Labute approximate surface area is 495 Å². The van der Waals surface area contributed by atoms with Gasteiger partial charge in [-0.1, -0.05) is 386 Å². The molecular weight excluding hydrogens is 971 g/mol. The molecule has 6 heteroatoms. The van der Waals surface area contributed by atoms with Crippen molar-refractivity contribution in [3.8, 4) is 0 Å². The van der Waals surface area contributed by atoms with Crippen LogP contribution in [0, 0.1) is 0 Å². The molecule has 0 aliphatic carbocycles. The van der Waals surface area contributed by atoms with Crippen molar-refractivity contribution in [2.75, 3.05) is 13.2 Å². The molecule has 0 aromatic carbocycles. The molecule has 79 heavy (non-hydrogen) atoms. The summed E-state index contributed by atoms with van der Waals surface area (Å²) in [5, 5.41) is 23.2. The molecule has 0 fully saturated rings. The predicted molar refractivity (Wildman–Crippen MR) is 347 cm³/mol. The number of unbranched alkanes of at least 4 members (excludes halogenated alkanes) is 58. The Balaban J connectivity index is 3.34. The minimum atomic E-state index is -0.841. The van der Waals surface area contributed by atoms with Gasteiger partial charge in [0, 0.05) is 12.8 Å². The Bertz CT molecular complexity index is 1190. The fourth-order valence-corrected chi connectivity index (χ4v) is 11.8. The van der Waals surface area contributed by atoms with Crippen molar-refractivity contribution in [3.05, 3.63) is 12.2 Å². The number of rotatable bonds is 69. The van der Waals surface area contributed by atoms with E-state index in [0.29, 0.717) is 19.4 Å². The van der Waals surface area contributed by atoms with Crippen LogP contribution in [0.5, 0.6) is 0 Å². The molecule has 2 unspecified atom stereocenters. The largest absolute Gasteiger partial charge is 0.466 e. The van der Waals surface area contributed by atoms with Crippen LogP contribution in [0.25, 0.3) is 0 Å². The van der Waals surface area contributed by atoms with Crippen molar-refractivity contribution in [1.82, 2.24) is 5.32 Å². The van der Waals surface area contributed by atoms with Crippen LogP contribution in [-0.2, 0) is 14.3 Å². The van der Waals surface area contributed by atoms with Gasteiger partial charge in [-0.15, -0.1) is 0 Å². The van der Waals surface area contributed by atoms with Crippen LogP contribution in [0.3, 0.4) is 0 Å². The molecular formula is C73H143NO5. The van der Waals surface area contributed by atoms with E-state index in [1.54, 1.807) is 6.08 Å². The van der Waals surface area contributed by atoms with Crippen molar-refractivity contribution >= 4 is 11.9 Å². The van der Waals surface area contributed by atoms with Crippen LogP contribution in [0.2, 0.25) is 0 Å². The lowest BCUT2D eigenvalue weighted by molar-refractivity contribution is -0.143. The van der Waals surface area contributed by atoms with E-state index < -0.39 is 12.1 Å². The summed E-state index contributed by atoms with van der Waals surface area (Å²) in [5.74, 6) is -0.0368. The van der Waals surface area contributed by atoms with Crippen molar-refractivity contribution in [3.63, 3.8) is 0 Å². The Morgan fingerprint density at radius 1 is 0.342 bits per heavy atom. The molecule has 0 saturated carbocycles. The third kappa shape index (κ3) is 65.6. The van der Waals surface area contributed by atoms with E-state index in [0.717, 1.165) is 38.5 Å². The van der Waals surface area contributed by atoms with Gasteiger partial charge in [-0.3, -0.25) is 9.59 Å². The lowest BCUT2D eigenvalue weighted by atomic mass is 10.0. The number of hydrogen-bond donors (Lipinski definition) is 3. The number of carbonyl (C=O) groups excluding carboxylic acids is 2. The topological polar surface area (TPSA) is 95.9 Å². The number of aliphatic hydroxyl groups excluding tert-OH is 2. The molecule has 0 aliphatic heterocycles. The van der Waals surface area contributed by atoms with E-state index in [4.69, 9.17) is 4.74 Å². The number of carbonyl (C=O) groups is 2. The number of ether oxygens (including phenoxy) is 1. The average Bonchev–Trinajstić information content (AvgIpc) is 3.45. The summed E-state index contributed by atoms with van der Waals surface area (Å²) in [6.45, 7) is 4.95. The van der Waals surface area contributed by atoms with Gasteiger partial charge in [0.05, 0.1) is 25.4 Å². The van der Waals surface area contributed by atoms with E-state index in [-0.39, 0.29) is 18.5 Å². The zero-order valence-corrected chi connectivity index (χ0v) is 53.9. The first-order chi connectivity index (χ1) is 39.0. The third-order valence-corrected chi connectivity index (χ3v) is 17.3. The maximum absolute atomic E-state index is 12.5. The number of aliphatic hydroxyl groups is 2. The molecule has 0 radical (unpaired) electrons. The van der Waals surface area contributed by atoms with Crippen molar-refractivity contribution < 1.29 is 24.5 Å². The SMILES string of the molecule is CCCCCCCCCCCCCCCCCC/C=C/C(O)C(CO)NC(=O)CCCCCCCCCCCCCCCCCCCCCCCCCCCCCCCCCOC(=O)CCCCCCCCCCCCCCC. The Kier molecular flexibility index (Phi) is 67.9. The number of hydrogen-bond acceptors (Lipinski definition) is 5. The average molecular weight is 1110 g/mol. The van der Waals surface area contributed by atoms with Crippen LogP contribution >= 0.6 is 0 Å². The standard InChI is InChI=1S/C73H143NO5/c1-3-5-7-9-11-13-15-17-18-19-35-38-42-45-49-53-57-61-65-71(76)70(69-75)74-72(77)66-62-58-54-50-46-43-39-36-33-31-29-27-25-23-21-20-22-24-26-28-30-32-34-37-40-44-48-52-56-60-64-68-79-73(78)67-63-59-55-51-47-41-16-14-12-10-8-6-4-2/h61,65,70-71,75-76H,3-60,62-64,66-69H2,1-2H3,(H,74,77)/b65-61+. The van der Waals surface area contributed by atoms with Gasteiger partial charge in [0.25, 0.3) is 0 Å². The smallest absolute Gasteiger partial charge is 0.305 e. The van der Waals surface area contributed by atoms with Crippen LogP contribution in [0.15, 0.2) is 12.2 Å². The summed E-state index contributed by atoms with van der Waals surface area (Å²) in [5.41, 5.74) is 0. The first-order valence-corrected chi connectivity index (χ1v) is 36.5. The fraction of sp³-hybridized carbons (Fsp3) is 0.945. The molecule has 0 spiro atoms. The molecule has 0 aromatic heterocycles. The van der Waals surface area contributed by atoms with Gasteiger partial charge in [0.2, 0.25) is 5.91 Å². The second kappa shape index (κ2) is 69.1. The predicted octanol–water partition coefficient (Wildman–Crippen LogP) is 23.5. The number of amides is 1. The summed E-state index contributed by atoms with van der Waals surface area (Å²) in [6.07, 6.45) is 85.9. The number of nitrogens with one attached hydrogen (secondary N) is 1. The molecule has 0 rings (SSSR count). The van der Waals surface area contributed by atoms with Crippen molar-refractivity contribution in [1.29, 1.82) is 0 Å². The van der Waals surface area contributed by atoms with Gasteiger partial charge >= 0.3 is 5.97 Å². The second-order valence-corrected chi connectivity index (χ2v) is 25.3. The molecule has 0 aromatic rings. The number of esters is 1. The first-order valence-electron chi connectivity index (χ1n) is 36.5. The molecule has 2 atom stereocenters. The van der Waals surface area contributed by atoms with Crippen LogP contribution in [-0.4, -0.2) is 47.4 Å². The summed E-state index contributed by atoms with van der Waals surface area (Å²) in [4.78, 5) is 24.6. The summed E-state index contributed by atoms with van der Waals surface area (Å²) < 4.78 is 5.49. The lowest BCUT2D eigenvalue weighted by Gasteiger charge is -2.20. The summed E-state index contributed by atoms with van der Waals surface area (Å²) in [7, 11) is 0. The molecule has 0 aliphatic rings. The van der Waals surface area contributed by atoms with Gasteiger partial charge in [-0.05, 0) is 32.1 Å². The summed E-state index contributed by atoms with van der Waals surface area (Å²) in [6, 6.07) is -0.624. The molecule has 0 bridgehead atoms. The van der Waals surface area contributed by atoms with E-state index in [9.17, 15) is 19.8 Å². The van der Waals surface area contributed by atoms with E-state index >= 15 is 0 Å². The van der Waals surface area contributed by atoms with Crippen molar-refractivity contribution in [2.24, 2.45) is 0 Å². The lowest BCUT2D eigenvalue weighted by Crippen LogP contribution is -2.45. The molecule has 0 heterocycles. The van der Waals surface area contributed by atoms with Gasteiger partial charge < -0.3 is 20.3 Å². The molecule has 470 valence electrons. The molecule has 3 N–H and O–H groups in total. The Morgan fingerprint density at radius 2 is 0.582 bits per heavy atom. The van der Waals surface area contributed by atoms with Crippen molar-refractivity contribution in [2.45, 2.75) is 431 Å². The maximum atomic E-state index is 12.5.